The number of amides is 2. The summed E-state index contributed by atoms with van der Waals surface area (Å²) in [5.74, 6) is -0.133. The number of aryl methyl sites for hydroxylation is 1. The molecule has 0 heterocycles. The number of sulfonamides is 1. The Morgan fingerprint density at radius 1 is 0.826 bits per heavy atom. The van der Waals surface area contributed by atoms with Crippen LogP contribution in [0.5, 0.6) is 11.5 Å². The molecule has 1 N–H and O–H groups in total. The summed E-state index contributed by atoms with van der Waals surface area (Å²) in [7, 11) is -1.30. The third-order valence-electron chi connectivity index (χ3n) is 7.69. The maximum absolute atomic E-state index is 14.6. The highest BCUT2D eigenvalue weighted by Crippen LogP contribution is 2.34. The number of carbonyl (C=O) groups is 2. The van der Waals surface area contributed by atoms with E-state index in [1.165, 1.54) is 37.3 Å². The first-order valence-corrected chi connectivity index (χ1v) is 16.6. The summed E-state index contributed by atoms with van der Waals surface area (Å²) < 4.78 is 40.3. The van der Waals surface area contributed by atoms with E-state index in [0.717, 1.165) is 27.4 Å². The molecule has 4 aromatic rings. The molecule has 0 aliphatic carbocycles. The van der Waals surface area contributed by atoms with Gasteiger partial charge in [-0.05, 0) is 54.3 Å². The molecule has 4 aromatic carbocycles. The highest BCUT2D eigenvalue weighted by Gasteiger charge is 2.35. The van der Waals surface area contributed by atoms with Gasteiger partial charge in [-0.1, -0.05) is 79.7 Å². The minimum Gasteiger partial charge on any atom is -0.493 e. The molecule has 10 heteroatoms. The van der Waals surface area contributed by atoms with E-state index in [0.29, 0.717) is 18.0 Å². The van der Waals surface area contributed by atoms with Crippen LogP contribution >= 0.6 is 0 Å². The van der Waals surface area contributed by atoms with Crippen LogP contribution in [0, 0.1) is 6.92 Å². The van der Waals surface area contributed by atoms with E-state index in [2.05, 4.69) is 5.32 Å². The van der Waals surface area contributed by atoms with Crippen LogP contribution in [0.4, 0.5) is 5.69 Å². The molecule has 2 amide bonds. The zero-order valence-electron chi connectivity index (χ0n) is 26.7. The van der Waals surface area contributed by atoms with Crippen molar-refractivity contribution in [1.29, 1.82) is 0 Å². The molecule has 0 fully saturated rings. The monoisotopic (exact) mass is 643 g/mol. The summed E-state index contributed by atoms with van der Waals surface area (Å²) in [5, 5.41) is 2.96. The molecule has 0 aliphatic rings. The van der Waals surface area contributed by atoms with Crippen molar-refractivity contribution in [2.24, 2.45) is 0 Å². The van der Waals surface area contributed by atoms with E-state index in [9.17, 15) is 18.0 Å². The Hall–Kier alpha value is -4.83. The molecule has 0 aliphatic heterocycles. The average molecular weight is 644 g/mol. The number of methoxy groups -OCH3 is 2. The van der Waals surface area contributed by atoms with E-state index in [1.807, 2.05) is 68.4 Å². The molecule has 0 spiro atoms. The molecule has 0 bridgehead atoms. The molecule has 0 saturated heterocycles. The van der Waals surface area contributed by atoms with Crippen LogP contribution < -0.4 is 19.1 Å². The largest absolute Gasteiger partial charge is 0.493 e. The van der Waals surface area contributed by atoms with Crippen molar-refractivity contribution >= 4 is 27.5 Å². The summed E-state index contributed by atoms with van der Waals surface area (Å²) >= 11 is 0. The van der Waals surface area contributed by atoms with Crippen molar-refractivity contribution < 1.29 is 27.5 Å². The van der Waals surface area contributed by atoms with E-state index in [4.69, 9.17) is 9.47 Å². The minimum atomic E-state index is -4.24. The lowest BCUT2D eigenvalue weighted by Crippen LogP contribution is -2.53. The minimum absolute atomic E-state index is 0.0181. The zero-order valence-corrected chi connectivity index (χ0v) is 27.5. The van der Waals surface area contributed by atoms with Crippen molar-refractivity contribution in [2.75, 3.05) is 31.6 Å². The number of anilines is 1. The Bertz CT molecular complexity index is 1710. The smallest absolute Gasteiger partial charge is 0.264 e. The first kappa shape index (κ1) is 34.1. The number of hydrogen-bond donors (Lipinski definition) is 1. The fraction of sp³-hybridized carbons (Fsp3) is 0.278. The average Bonchev–Trinajstić information content (AvgIpc) is 3.08. The highest BCUT2D eigenvalue weighted by molar-refractivity contribution is 7.92. The third-order valence-corrected chi connectivity index (χ3v) is 9.48. The molecule has 242 valence electrons. The van der Waals surface area contributed by atoms with Gasteiger partial charge in [-0.15, -0.1) is 0 Å². The maximum atomic E-state index is 14.6. The predicted octanol–water partition coefficient (Wildman–Crippen LogP) is 5.37. The van der Waals surface area contributed by atoms with Gasteiger partial charge in [0.05, 0.1) is 24.8 Å². The standard InChI is InChI=1S/C36H41N3O6S/c1-5-22-37-36(41)32(23-28-15-8-6-9-16-28)38(25-29-17-13-12-14-27(29)2)35(40)26-39(46(42,43)31-18-10-7-11-19-31)30-20-21-33(44-3)34(24-30)45-4/h6-21,24,32H,5,22-23,25-26H2,1-4H3,(H,37,41)/t32-/m0/s1. The van der Waals surface area contributed by atoms with E-state index >= 15 is 0 Å². The Morgan fingerprint density at radius 2 is 1.46 bits per heavy atom. The number of rotatable bonds is 15. The maximum Gasteiger partial charge on any atom is 0.264 e. The van der Waals surface area contributed by atoms with Crippen LogP contribution in [-0.4, -0.2) is 58.5 Å². The van der Waals surface area contributed by atoms with Crippen LogP contribution in [0.1, 0.15) is 30.0 Å². The van der Waals surface area contributed by atoms with Crippen LogP contribution in [0.3, 0.4) is 0 Å². The molecule has 46 heavy (non-hydrogen) atoms. The van der Waals surface area contributed by atoms with E-state index in [-0.39, 0.29) is 29.5 Å². The normalized spacial score (nSPS) is 11.7. The first-order valence-electron chi connectivity index (χ1n) is 15.1. The number of nitrogens with zero attached hydrogens (tertiary/aromatic N) is 2. The highest BCUT2D eigenvalue weighted by atomic mass is 32.2. The second-order valence-electron chi connectivity index (χ2n) is 10.8. The summed E-state index contributed by atoms with van der Waals surface area (Å²) in [5.41, 5.74) is 2.87. The predicted molar refractivity (Wildman–Crippen MR) is 179 cm³/mol. The van der Waals surface area contributed by atoms with Gasteiger partial charge in [0.1, 0.15) is 12.6 Å². The fourth-order valence-corrected chi connectivity index (χ4v) is 6.55. The van der Waals surface area contributed by atoms with Crippen LogP contribution in [0.2, 0.25) is 0 Å². The van der Waals surface area contributed by atoms with E-state index < -0.39 is 28.5 Å². The second-order valence-corrected chi connectivity index (χ2v) is 12.7. The Kier molecular flexibility index (Phi) is 11.8. The zero-order chi connectivity index (χ0) is 33.1. The van der Waals surface area contributed by atoms with Gasteiger partial charge in [-0.2, -0.15) is 0 Å². The second kappa shape index (κ2) is 15.9. The Morgan fingerprint density at radius 3 is 2.09 bits per heavy atom. The molecular weight excluding hydrogens is 602 g/mol. The summed E-state index contributed by atoms with van der Waals surface area (Å²) in [4.78, 5) is 29.9. The molecule has 0 radical (unpaired) electrons. The SMILES string of the molecule is CCCNC(=O)[C@H](Cc1ccccc1)N(Cc1ccccc1C)C(=O)CN(c1ccc(OC)c(OC)c1)S(=O)(=O)c1ccccc1. The molecule has 0 aromatic heterocycles. The van der Waals surface area contributed by atoms with Gasteiger partial charge in [0.25, 0.3) is 10.0 Å². The number of benzene rings is 4. The fourth-order valence-electron chi connectivity index (χ4n) is 5.12. The van der Waals surface area contributed by atoms with Crippen LogP contribution in [-0.2, 0) is 32.6 Å². The van der Waals surface area contributed by atoms with Crippen molar-refractivity contribution in [3.05, 3.63) is 120 Å². The Labute approximate surface area is 271 Å². The number of carbonyl (C=O) groups excluding carboxylic acids is 2. The van der Waals surface area contributed by atoms with Crippen molar-refractivity contribution in [3.8, 4) is 11.5 Å². The van der Waals surface area contributed by atoms with Gasteiger partial charge in [0.15, 0.2) is 11.5 Å². The molecular formula is C36H41N3O6S. The first-order chi connectivity index (χ1) is 22.2. The van der Waals surface area contributed by atoms with Gasteiger partial charge in [0.2, 0.25) is 11.8 Å². The molecule has 0 saturated carbocycles. The lowest BCUT2D eigenvalue weighted by atomic mass is 10.0. The van der Waals surface area contributed by atoms with Crippen molar-refractivity contribution in [2.45, 2.75) is 44.2 Å². The lowest BCUT2D eigenvalue weighted by Gasteiger charge is -2.34. The number of hydrogen-bond acceptors (Lipinski definition) is 6. The molecule has 1 atom stereocenters. The van der Waals surface area contributed by atoms with Gasteiger partial charge in [0, 0.05) is 25.6 Å². The van der Waals surface area contributed by atoms with E-state index in [1.54, 1.807) is 30.3 Å². The molecule has 4 rings (SSSR count). The quantitative estimate of drug-likeness (QED) is 0.187. The number of nitrogens with one attached hydrogen (secondary N) is 1. The summed E-state index contributed by atoms with van der Waals surface area (Å²) in [6, 6.07) is 28.8. The Balaban J connectivity index is 1.83. The van der Waals surface area contributed by atoms with Crippen LogP contribution in [0.25, 0.3) is 0 Å². The van der Waals surface area contributed by atoms with Crippen molar-refractivity contribution in [3.63, 3.8) is 0 Å². The lowest BCUT2D eigenvalue weighted by molar-refractivity contribution is -0.140. The summed E-state index contributed by atoms with van der Waals surface area (Å²) in [6.45, 7) is 3.88. The van der Waals surface area contributed by atoms with Gasteiger partial charge in [-0.25, -0.2) is 8.42 Å². The topological polar surface area (TPSA) is 105 Å². The molecule has 0 unspecified atom stereocenters. The summed E-state index contributed by atoms with van der Waals surface area (Å²) in [6.07, 6.45) is 0.966. The van der Waals surface area contributed by atoms with Gasteiger partial charge >= 0.3 is 0 Å². The van der Waals surface area contributed by atoms with Crippen LogP contribution in [0.15, 0.2) is 108 Å². The third kappa shape index (κ3) is 8.25. The van der Waals surface area contributed by atoms with Gasteiger partial charge < -0.3 is 19.7 Å². The van der Waals surface area contributed by atoms with Crippen molar-refractivity contribution in [1.82, 2.24) is 10.2 Å². The van der Waals surface area contributed by atoms with Gasteiger partial charge in [-0.3, -0.25) is 13.9 Å². The molecule has 9 nitrogen and oxygen atoms in total. The number of ether oxygens (including phenoxy) is 2.